The van der Waals surface area contributed by atoms with Crippen LogP contribution in [0.2, 0.25) is 0 Å². The zero-order chi connectivity index (χ0) is 11.5. The van der Waals surface area contributed by atoms with Gasteiger partial charge in [0.15, 0.2) is 0 Å². The largest absolute Gasteiger partial charge is 0.478 e. The van der Waals surface area contributed by atoms with Crippen molar-refractivity contribution >= 4 is 5.97 Å². The third-order valence-electron chi connectivity index (χ3n) is 3.48. The topological polar surface area (TPSA) is 37.3 Å². The highest BCUT2D eigenvalue weighted by Gasteiger charge is 2.30. The molecule has 2 nitrogen and oxygen atoms in total. The fourth-order valence-corrected chi connectivity index (χ4v) is 2.32. The van der Waals surface area contributed by atoms with Crippen molar-refractivity contribution in [2.24, 2.45) is 5.92 Å². The Morgan fingerprint density at radius 3 is 2.62 bits per heavy atom. The number of hydrogen-bond donors (Lipinski definition) is 1. The molecule has 1 aromatic rings. The predicted octanol–water partition coefficient (Wildman–Crippen LogP) is 3.24. The molecule has 1 aliphatic carbocycles. The maximum atomic E-state index is 13.1. The van der Waals surface area contributed by atoms with Gasteiger partial charge in [0.2, 0.25) is 0 Å². The van der Waals surface area contributed by atoms with Crippen LogP contribution in [-0.4, -0.2) is 17.8 Å². The predicted molar refractivity (Wildman–Crippen MR) is 59.5 cm³/mol. The SMILES string of the molecule is O=C(O)c1ccccc1C(CF)C1CCC1. The van der Waals surface area contributed by atoms with Gasteiger partial charge in [0.25, 0.3) is 0 Å². The summed E-state index contributed by atoms with van der Waals surface area (Å²) in [5.74, 6) is -0.875. The first kappa shape index (κ1) is 11.1. The molecule has 0 saturated heterocycles. The number of carbonyl (C=O) groups is 1. The summed E-state index contributed by atoms with van der Waals surface area (Å²) in [6.07, 6.45) is 3.17. The van der Waals surface area contributed by atoms with Crippen LogP contribution >= 0.6 is 0 Å². The number of carboxylic acid groups (broad SMARTS) is 1. The van der Waals surface area contributed by atoms with E-state index in [4.69, 9.17) is 5.11 Å². The number of hydrogen-bond acceptors (Lipinski definition) is 1. The molecule has 3 heteroatoms. The van der Waals surface area contributed by atoms with Crippen molar-refractivity contribution in [3.63, 3.8) is 0 Å². The van der Waals surface area contributed by atoms with E-state index in [2.05, 4.69) is 0 Å². The van der Waals surface area contributed by atoms with E-state index >= 15 is 0 Å². The lowest BCUT2D eigenvalue weighted by atomic mass is 9.72. The van der Waals surface area contributed by atoms with Crippen LogP contribution < -0.4 is 0 Å². The zero-order valence-corrected chi connectivity index (χ0v) is 9.03. The molecule has 1 aromatic carbocycles. The van der Waals surface area contributed by atoms with Crippen LogP contribution in [0, 0.1) is 5.92 Å². The average molecular weight is 222 g/mol. The molecule has 1 fully saturated rings. The quantitative estimate of drug-likeness (QED) is 0.849. The number of aromatic carboxylic acids is 1. The molecule has 0 aromatic heterocycles. The summed E-state index contributed by atoms with van der Waals surface area (Å²) in [5, 5.41) is 9.06. The summed E-state index contributed by atoms with van der Waals surface area (Å²) >= 11 is 0. The zero-order valence-electron chi connectivity index (χ0n) is 9.03. The molecule has 0 aliphatic heterocycles. The monoisotopic (exact) mass is 222 g/mol. The van der Waals surface area contributed by atoms with E-state index in [9.17, 15) is 9.18 Å². The highest BCUT2D eigenvalue weighted by Crippen LogP contribution is 2.40. The molecule has 0 bridgehead atoms. The molecule has 2 rings (SSSR count). The van der Waals surface area contributed by atoms with E-state index in [1.54, 1.807) is 24.3 Å². The van der Waals surface area contributed by atoms with Crippen LogP contribution in [0.3, 0.4) is 0 Å². The fourth-order valence-electron chi connectivity index (χ4n) is 2.32. The van der Waals surface area contributed by atoms with Crippen LogP contribution in [0.15, 0.2) is 24.3 Å². The minimum Gasteiger partial charge on any atom is -0.478 e. The van der Waals surface area contributed by atoms with Gasteiger partial charge in [0.1, 0.15) is 0 Å². The van der Waals surface area contributed by atoms with Crippen LogP contribution in [0.25, 0.3) is 0 Å². The van der Waals surface area contributed by atoms with Gasteiger partial charge in [-0.25, -0.2) is 4.79 Å². The molecule has 1 N–H and O–H groups in total. The van der Waals surface area contributed by atoms with E-state index in [0.29, 0.717) is 11.5 Å². The number of carboxylic acids is 1. The first-order valence-electron chi connectivity index (χ1n) is 5.62. The smallest absolute Gasteiger partial charge is 0.335 e. The molecule has 1 atom stereocenters. The number of benzene rings is 1. The Bertz CT molecular complexity index is 385. The lowest BCUT2D eigenvalue weighted by Gasteiger charge is -2.33. The standard InChI is InChI=1S/C13H15FO2/c14-8-12(9-4-3-5-9)10-6-1-2-7-11(10)13(15)16/h1-2,6-7,9,12H,3-5,8H2,(H,15,16). The van der Waals surface area contributed by atoms with E-state index in [1.165, 1.54) is 0 Å². The van der Waals surface area contributed by atoms with Crippen LogP contribution in [0.1, 0.15) is 41.1 Å². The molecule has 0 amide bonds. The lowest BCUT2D eigenvalue weighted by Crippen LogP contribution is -2.23. The summed E-state index contributed by atoms with van der Waals surface area (Å²) < 4.78 is 13.1. The van der Waals surface area contributed by atoms with E-state index < -0.39 is 12.6 Å². The Morgan fingerprint density at radius 1 is 1.44 bits per heavy atom. The maximum absolute atomic E-state index is 13.1. The molecule has 86 valence electrons. The van der Waals surface area contributed by atoms with E-state index in [0.717, 1.165) is 19.3 Å². The van der Waals surface area contributed by atoms with Crippen molar-refractivity contribution in [2.75, 3.05) is 6.67 Å². The number of rotatable bonds is 4. The molecule has 0 heterocycles. The summed E-state index contributed by atoms with van der Waals surface area (Å²) in [4.78, 5) is 11.0. The number of halogens is 1. The minimum atomic E-state index is -0.964. The Balaban J connectivity index is 2.32. The fraction of sp³-hybridized carbons (Fsp3) is 0.462. The Labute approximate surface area is 94.1 Å². The van der Waals surface area contributed by atoms with Gasteiger partial charge in [-0.05, 0) is 30.4 Å². The number of alkyl halides is 1. The molecule has 1 saturated carbocycles. The van der Waals surface area contributed by atoms with Crippen molar-refractivity contribution in [1.82, 2.24) is 0 Å². The Kier molecular flexibility index (Phi) is 3.22. The van der Waals surface area contributed by atoms with E-state index in [-0.39, 0.29) is 11.5 Å². The lowest BCUT2D eigenvalue weighted by molar-refractivity contribution is 0.0693. The van der Waals surface area contributed by atoms with Crippen molar-refractivity contribution in [3.8, 4) is 0 Å². The highest BCUT2D eigenvalue weighted by atomic mass is 19.1. The van der Waals surface area contributed by atoms with Gasteiger partial charge in [-0.2, -0.15) is 0 Å². The van der Waals surface area contributed by atoms with Gasteiger partial charge in [0, 0.05) is 5.92 Å². The van der Waals surface area contributed by atoms with Gasteiger partial charge in [0.05, 0.1) is 12.2 Å². The van der Waals surface area contributed by atoms with Crippen LogP contribution in [-0.2, 0) is 0 Å². The van der Waals surface area contributed by atoms with Crippen LogP contribution in [0.4, 0.5) is 4.39 Å². The molecule has 0 radical (unpaired) electrons. The second-order valence-electron chi connectivity index (χ2n) is 4.34. The van der Waals surface area contributed by atoms with Crippen molar-refractivity contribution in [1.29, 1.82) is 0 Å². The van der Waals surface area contributed by atoms with Gasteiger partial charge in [-0.15, -0.1) is 0 Å². The van der Waals surface area contributed by atoms with E-state index in [1.807, 2.05) is 0 Å². The van der Waals surface area contributed by atoms with Crippen molar-refractivity contribution < 1.29 is 14.3 Å². The Hall–Kier alpha value is -1.38. The molecule has 1 unspecified atom stereocenters. The molecular weight excluding hydrogens is 207 g/mol. The minimum absolute atomic E-state index is 0.235. The third-order valence-corrected chi connectivity index (χ3v) is 3.48. The molecular formula is C13H15FO2. The van der Waals surface area contributed by atoms with Gasteiger partial charge in [-0.1, -0.05) is 24.6 Å². The van der Waals surface area contributed by atoms with Gasteiger partial charge < -0.3 is 5.11 Å². The molecule has 16 heavy (non-hydrogen) atoms. The average Bonchev–Trinajstić information content (AvgIpc) is 2.23. The third kappa shape index (κ3) is 1.94. The normalized spacial score (nSPS) is 17.8. The summed E-state index contributed by atoms with van der Waals surface area (Å²) in [5.41, 5.74) is 0.902. The highest BCUT2D eigenvalue weighted by molar-refractivity contribution is 5.89. The molecule has 1 aliphatic rings. The second-order valence-corrected chi connectivity index (χ2v) is 4.34. The van der Waals surface area contributed by atoms with Gasteiger partial charge in [-0.3, -0.25) is 4.39 Å². The van der Waals surface area contributed by atoms with Crippen molar-refractivity contribution in [2.45, 2.75) is 25.2 Å². The maximum Gasteiger partial charge on any atom is 0.335 e. The first-order valence-corrected chi connectivity index (χ1v) is 5.62. The first-order chi connectivity index (χ1) is 7.74. The van der Waals surface area contributed by atoms with Gasteiger partial charge >= 0.3 is 5.97 Å². The van der Waals surface area contributed by atoms with Crippen molar-refractivity contribution in [3.05, 3.63) is 35.4 Å². The summed E-state index contributed by atoms with van der Waals surface area (Å²) in [6, 6.07) is 6.76. The summed E-state index contributed by atoms with van der Waals surface area (Å²) in [7, 11) is 0. The van der Waals surface area contributed by atoms with Crippen LogP contribution in [0.5, 0.6) is 0 Å². The second kappa shape index (κ2) is 4.64. The Morgan fingerprint density at radius 2 is 2.12 bits per heavy atom. The summed E-state index contributed by atoms with van der Waals surface area (Å²) in [6.45, 7) is -0.463. The molecule has 0 spiro atoms.